The molecule has 1 N–H and O–H groups in total. The fraction of sp³-hybridized carbons (Fsp3) is 0.350. The maximum atomic E-state index is 12.9. The molecule has 2 aliphatic rings. The summed E-state index contributed by atoms with van der Waals surface area (Å²) in [5.74, 6) is -0.189. The number of carbonyl (C=O) groups excluding carboxylic acids is 1. The first-order valence-corrected chi connectivity index (χ1v) is 10.3. The highest BCUT2D eigenvalue weighted by Crippen LogP contribution is 2.33. The first-order chi connectivity index (χ1) is 14.1. The molecule has 29 heavy (non-hydrogen) atoms. The Hall–Kier alpha value is -2.35. The summed E-state index contributed by atoms with van der Waals surface area (Å²) < 4.78 is 9.51. The van der Waals surface area contributed by atoms with Crippen LogP contribution in [0.4, 0.5) is 0 Å². The fourth-order valence-corrected chi connectivity index (χ4v) is 4.60. The molecule has 0 aliphatic carbocycles. The van der Waals surface area contributed by atoms with E-state index in [0.29, 0.717) is 34.6 Å². The average Bonchev–Trinajstić information content (AvgIpc) is 3.33. The van der Waals surface area contributed by atoms with Gasteiger partial charge < -0.3 is 14.6 Å². The van der Waals surface area contributed by atoms with Gasteiger partial charge in [-0.1, -0.05) is 29.3 Å². The molecule has 1 unspecified atom stereocenters. The van der Waals surface area contributed by atoms with Gasteiger partial charge in [0.1, 0.15) is 11.4 Å². The number of nitrogens with zero attached hydrogens (tertiary/aromatic N) is 4. The lowest BCUT2D eigenvalue weighted by atomic mass is 10.0. The first kappa shape index (κ1) is 18.7. The van der Waals surface area contributed by atoms with Gasteiger partial charge in [-0.05, 0) is 31.4 Å². The average molecular weight is 432 g/mol. The molecule has 0 spiro atoms. The van der Waals surface area contributed by atoms with E-state index < -0.39 is 0 Å². The predicted octanol–water partition coefficient (Wildman–Crippen LogP) is 3.71. The van der Waals surface area contributed by atoms with Crippen molar-refractivity contribution in [1.29, 1.82) is 0 Å². The van der Waals surface area contributed by atoms with Crippen LogP contribution in [0.3, 0.4) is 0 Å². The lowest BCUT2D eigenvalue weighted by Crippen LogP contribution is -2.35. The zero-order valence-electron chi connectivity index (χ0n) is 15.6. The summed E-state index contributed by atoms with van der Waals surface area (Å²) in [6.07, 6.45) is 6.56. The summed E-state index contributed by atoms with van der Waals surface area (Å²) in [6, 6.07) is 5.00. The van der Waals surface area contributed by atoms with Gasteiger partial charge in [-0.3, -0.25) is 4.79 Å². The summed E-state index contributed by atoms with van der Waals surface area (Å²) in [7, 11) is 0. The number of ether oxygens (including phenoxy) is 1. The van der Waals surface area contributed by atoms with Gasteiger partial charge in [0.2, 0.25) is 0 Å². The Morgan fingerprint density at radius 1 is 1.21 bits per heavy atom. The van der Waals surface area contributed by atoms with Crippen LogP contribution in [0.1, 0.15) is 46.3 Å². The summed E-state index contributed by atoms with van der Waals surface area (Å²) in [4.78, 5) is 17.3. The number of nitrogens with one attached hydrogen (secondary N) is 1. The van der Waals surface area contributed by atoms with Crippen LogP contribution in [0, 0.1) is 0 Å². The normalized spacial score (nSPS) is 18.2. The van der Waals surface area contributed by atoms with Gasteiger partial charge in [0, 0.05) is 12.1 Å². The molecule has 0 radical (unpaired) electrons. The maximum absolute atomic E-state index is 12.9. The molecule has 0 saturated heterocycles. The van der Waals surface area contributed by atoms with Gasteiger partial charge in [0.05, 0.1) is 53.2 Å². The van der Waals surface area contributed by atoms with E-state index in [9.17, 15) is 4.79 Å². The van der Waals surface area contributed by atoms with E-state index in [1.165, 1.54) is 0 Å². The Balaban J connectivity index is 1.44. The van der Waals surface area contributed by atoms with Gasteiger partial charge in [0.15, 0.2) is 0 Å². The standard InChI is InChI=1S/C20H19Cl2N5O2/c21-13-4-3-5-14(22)19(13)27-17-10-29-9-15(12(17)8-24-27)25-20(28)18-16-6-1-2-7-26(16)11-23-18/h3-5,8,11,15H,1-2,6-7,9-10H2,(H,25,28). The number of aryl methyl sites for hydroxylation is 1. The molecule has 1 aromatic carbocycles. The third-order valence-electron chi connectivity index (χ3n) is 5.48. The number of aromatic nitrogens is 4. The van der Waals surface area contributed by atoms with Crippen LogP contribution in [-0.4, -0.2) is 31.8 Å². The van der Waals surface area contributed by atoms with Gasteiger partial charge in [-0.25, -0.2) is 9.67 Å². The number of carbonyl (C=O) groups is 1. The van der Waals surface area contributed by atoms with Crippen molar-refractivity contribution in [1.82, 2.24) is 24.6 Å². The largest absolute Gasteiger partial charge is 0.373 e. The van der Waals surface area contributed by atoms with E-state index in [0.717, 1.165) is 42.8 Å². The van der Waals surface area contributed by atoms with Crippen molar-refractivity contribution in [2.24, 2.45) is 0 Å². The van der Waals surface area contributed by atoms with Crippen molar-refractivity contribution in [3.05, 3.63) is 63.4 Å². The summed E-state index contributed by atoms with van der Waals surface area (Å²) in [5, 5.41) is 8.54. The van der Waals surface area contributed by atoms with Crippen molar-refractivity contribution < 1.29 is 9.53 Å². The third kappa shape index (κ3) is 3.23. The number of imidazole rings is 1. The van der Waals surface area contributed by atoms with Crippen LogP contribution >= 0.6 is 23.2 Å². The van der Waals surface area contributed by atoms with Gasteiger partial charge in [-0.2, -0.15) is 5.10 Å². The number of benzene rings is 1. The molecular weight excluding hydrogens is 413 g/mol. The van der Waals surface area contributed by atoms with Crippen LogP contribution in [0.2, 0.25) is 10.0 Å². The predicted molar refractivity (Wildman–Crippen MR) is 109 cm³/mol. The summed E-state index contributed by atoms with van der Waals surface area (Å²) in [6.45, 7) is 1.65. The van der Waals surface area contributed by atoms with Crippen LogP contribution in [0.15, 0.2) is 30.7 Å². The van der Waals surface area contributed by atoms with E-state index in [1.807, 2.05) is 0 Å². The van der Waals surface area contributed by atoms with Crippen molar-refractivity contribution in [2.75, 3.05) is 6.61 Å². The SMILES string of the molecule is O=C(NC1COCc2c1cnn2-c1c(Cl)cccc1Cl)c1ncn2c1CCCC2. The Morgan fingerprint density at radius 2 is 2.03 bits per heavy atom. The molecule has 4 heterocycles. The molecule has 0 saturated carbocycles. The maximum Gasteiger partial charge on any atom is 0.272 e. The minimum atomic E-state index is -0.317. The topological polar surface area (TPSA) is 74.0 Å². The number of fused-ring (bicyclic) bond motifs is 2. The molecule has 0 bridgehead atoms. The zero-order chi connectivity index (χ0) is 20.0. The second-order valence-corrected chi connectivity index (χ2v) is 8.07. The van der Waals surface area contributed by atoms with Crippen molar-refractivity contribution in [2.45, 2.75) is 38.5 Å². The number of rotatable bonds is 3. The summed E-state index contributed by atoms with van der Waals surface area (Å²) in [5.41, 5.74) is 3.83. The first-order valence-electron chi connectivity index (χ1n) is 9.57. The molecule has 5 rings (SSSR count). The highest BCUT2D eigenvalue weighted by atomic mass is 35.5. The highest BCUT2D eigenvalue weighted by Gasteiger charge is 2.30. The molecule has 150 valence electrons. The van der Waals surface area contributed by atoms with E-state index >= 15 is 0 Å². The quantitative estimate of drug-likeness (QED) is 0.685. The minimum Gasteiger partial charge on any atom is -0.373 e. The molecule has 7 nitrogen and oxygen atoms in total. The van der Waals surface area contributed by atoms with Crippen molar-refractivity contribution >= 4 is 29.1 Å². The highest BCUT2D eigenvalue weighted by molar-refractivity contribution is 6.37. The molecule has 3 aromatic rings. The number of para-hydroxylation sites is 1. The molecule has 1 atom stereocenters. The molecule has 2 aromatic heterocycles. The molecule has 2 aliphatic heterocycles. The Bertz CT molecular complexity index is 1070. The molecule has 1 amide bonds. The monoisotopic (exact) mass is 431 g/mol. The molecular formula is C20H19Cl2N5O2. The van der Waals surface area contributed by atoms with E-state index in [2.05, 4.69) is 20.0 Å². The Labute approximate surface area is 177 Å². The van der Waals surface area contributed by atoms with Crippen LogP contribution in [0.25, 0.3) is 5.69 Å². The number of amides is 1. The van der Waals surface area contributed by atoms with Crippen LogP contribution in [0.5, 0.6) is 0 Å². The van der Waals surface area contributed by atoms with Gasteiger partial charge >= 0.3 is 0 Å². The Kier molecular flexibility index (Phi) is 4.81. The fourth-order valence-electron chi connectivity index (χ4n) is 4.04. The van der Waals surface area contributed by atoms with Crippen molar-refractivity contribution in [3.8, 4) is 5.69 Å². The van der Waals surface area contributed by atoms with E-state index in [-0.39, 0.29) is 11.9 Å². The van der Waals surface area contributed by atoms with E-state index in [1.54, 1.807) is 35.4 Å². The molecule has 9 heteroatoms. The van der Waals surface area contributed by atoms with Crippen LogP contribution in [-0.2, 0) is 24.3 Å². The number of halogens is 2. The summed E-state index contributed by atoms with van der Waals surface area (Å²) >= 11 is 12.7. The Morgan fingerprint density at radius 3 is 2.86 bits per heavy atom. The number of hydrogen-bond acceptors (Lipinski definition) is 4. The smallest absolute Gasteiger partial charge is 0.272 e. The lowest BCUT2D eigenvalue weighted by molar-refractivity contribution is 0.0684. The molecule has 0 fully saturated rings. The lowest BCUT2D eigenvalue weighted by Gasteiger charge is -2.25. The second kappa shape index (κ2) is 7.48. The third-order valence-corrected chi connectivity index (χ3v) is 6.09. The minimum absolute atomic E-state index is 0.189. The van der Waals surface area contributed by atoms with Gasteiger partial charge in [0.25, 0.3) is 5.91 Å². The van der Waals surface area contributed by atoms with E-state index in [4.69, 9.17) is 27.9 Å². The zero-order valence-corrected chi connectivity index (χ0v) is 17.1. The number of hydrogen-bond donors (Lipinski definition) is 1. The van der Waals surface area contributed by atoms with Crippen molar-refractivity contribution in [3.63, 3.8) is 0 Å². The van der Waals surface area contributed by atoms with Gasteiger partial charge in [-0.15, -0.1) is 0 Å². The second-order valence-electron chi connectivity index (χ2n) is 7.26. The van der Waals surface area contributed by atoms with Crippen LogP contribution < -0.4 is 5.32 Å².